The number of nitrogens with one attached hydrogen (secondary N) is 1. The Morgan fingerprint density at radius 1 is 1.53 bits per heavy atom. The van der Waals surface area contributed by atoms with Crippen molar-refractivity contribution in [3.05, 3.63) is 33.3 Å². The first-order chi connectivity index (χ1) is 8.08. The smallest absolute Gasteiger partial charge is 0.321 e. The van der Waals surface area contributed by atoms with Crippen LogP contribution in [-0.4, -0.2) is 28.6 Å². The maximum Gasteiger partial charge on any atom is 0.321 e. The lowest BCUT2D eigenvalue weighted by Gasteiger charge is -2.29. The van der Waals surface area contributed by atoms with E-state index in [-0.39, 0.29) is 6.04 Å². The minimum absolute atomic E-state index is 0.00421. The number of carboxylic acid groups (broad SMARTS) is 1. The zero-order valence-electron chi connectivity index (χ0n) is 8.82. The number of benzene rings is 1. The van der Waals surface area contributed by atoms with Gasteiger partial charge >= 0.3 is 5.97 Å². The molecule has 0 aromatic heterocycles. The van der Waals surface area contributed by atoms with Gasteiger partial charge in [0.2, 0.25) is 0 Å². The van der Waals surface area contributed by atoms with Crippen molar-refractivity contribution in [2.75, 3.05) is 11.5 Å². The predicted octanol–water partition coefficient (Wildman–Crippen LogP) is 2.93. The molecule has 1 aliphatic heterocycles. The number of carboxylic acids is 1. The van der Waals surface area contributed by atoms with Gasteiger partial charge in [-0.05, 0) is 17.7 Å². The molecule has 1 fully saturated rings. The van der Waals surface area contributed by atoms with Gasteiger partial charge in [0.15, 0.2) is 0 Å². The van der Waals surface area contributed by atoms with Crippen LogP contribution in [0.1, 0.15) is 11.6 Å². The van der Waals surface area contributed by atoms with Crippen LogP contribution in [0.25, 0.3) is 0 Å². The molecule has 1 saturated heterocycles. The first kappa shape index (κ1) is 13.2. The summed E-state index contributed by atoms with van der Waals surface area (Å²) >= 11 is 11.1. The highest BCUT2D eigenvalue weighted by Crippen LogP contribution is 2.31. The van der Waals surface area contributed by atoms with Gasteiger partial charge in [-0.1, -0.05) is 33.6 Å². The minimum Gasteiger partial charge on any atom is -0.480 e. The molecular weight excluding hydrogens is 326 g/mol. The number of hydrogen-bond donors (Lipinski definition) is 2. The lowest BCUT2D eigenvalue weighted by Crippen LogP contribution is -2.45. The summed E-state index contributed by atoms with van der Waals surface area (Å²) in [6.07, 6.45) is 0. The standard InChI is InChI=1S/C11H11BrClNO2S/c12-6-1-2-7(8(13)3-6)9-4-17-5-10(14-9)11(15)16/h1-3,9-10,14H,4-5H2,(H,15,16). The number of aliphatic carboxylic acids is 1. The van der Waals surface area contributed by atoms with Gasteiger partial charge in [-0.15, -0.1) is 0 Å². The Morgan fingerprint density at radius 3 is 2.94 bits per heavy atom. The molecule has 2 rings (SSSR count). The molecule has 2 N–H and O–H groups in total. The van der Waals surface area contributed by atoms with E-state index in [0.717, 1.165) is 15.8 Å². The molecule has 1 heterocycles. The van der Waals surface area contributed by atoms with E-state index >= 15 is 0 Å². The largest absolute Gasteiger partial charge is 0.480 e. The quantitative estimate of drug-likeness (QED) is 0.872. The summed E-state index contributed by atoms with van der Waals surface area (Å²) in [6, 6.07) is 5.16. The molecule has 1 aromatic carbocycles. The summed E-state index contributed by atoms with van der Waals surface area (Å²) in [7, 11) is 0. The second-order valence-corrected chi connectivity index (χ2v) is 6.21. The molecule has 1 aromatic rings. The molecule has 3 nitrogen and oxygen atoms in total. The van der Waals surface area contributed by atoms with Crippen molar-refractivity contribution >= 4 is 45.3 Å². The van der Waals surface area contributed by atoms with E-state index in [0.29, 0.717) is 10.8 Å². The summed E-state index contributed by atoms with van der Waals surface area (Å²) in [5.41, 5.74) is 0.952. The van der Waals surface area contributed by atoms with Gasteiger partial charge in [0.25, 0.3) is 0 Å². The van der Waals surface area contributed by atoms with Gasteiger partial charge < -0.3 is 5.11 Å². The van der Waals surface area contributed by atoms with Gasteiger partial charge in [-0.3, -0.25) is 10.1 Å². The van der Waals surface area contributed by atoms with Crippen LogP contribution in [-0.2, 0) is 4.79 Å². The molecule has 0 aliphatic carbocycles. The Labute approximate surface area is 117 Å². The predicted molar refractivity (Wildman–Crippen MR) is 73.8 cm³/mol. The fourth-order valence-corrected chi connectivity index (χ4v) is 3.68. The van der Waals surface area contributed by atoms with Crippen molar-refractivity contribution in [1.82, 2.24) is 5.32 Å². The van der Waals surface area contributed by atoms with E-state index in [1.54, 1.807) is 11.8 Å². The SMILES string of the molecule is O=C(O)C1CSCC(c2ccc(Br)cc2Cl)N1. The van der Waals surface area contributed by atoms with Crippen LogP contribution in [0.15, 0.2) is 22.7 Å². The third-order valence-electron chi connectivity index (χ3n) is 2.61. The second kappa shape index (κ2) is 5.61. The fourth-order valence-electron chi connectivity index (χ4n) is 1.75. The van der Waals surface area contributed by atoms with Crippen molar-refractivity contribution in [3.8, 4) is 0 Å². The topological polar surface area (TPSA) is 49.3 Å². The van der Waals surface area contributed by atoms with Crippen LogP contribution in [0.5, 0.6) is 0 Å². The van der Waals surface area contributed by atoms with Crippen LogP contribution in [0.3, 0.4) is 0 Å². The summed E-state index contributed by atoms with van der Waals surface area (Å²) < 4.78 is 0.921. The molecule has 2 unspecified atom stereocenters. The minimum atomic E-state index is -0.810. The van der Waals surface area contributed by atoms with E-state index in [4.69, 9.17) is 16.7 Å². The highest BCUT2D eigenvalue weighted by molar-refractivity contribution is 9.10. The molecule has 1 aliphatic rings. The monoisotopic (exact) mass is 335 g/mol. The maximum atomic E-state index is 11.0. The van der Waals surface area contributed by atoms with E-state index in [1.807, 2.05) is 18.2 Å². The van der Waals surface area contributed by atoms with Crippen LogP contribution in [0.2, 0.25) is 5.02 Å². The van der Waals surface area contributed by atoms with Crippen LogP contribution < -0.4 is 5.32 Å². The average molecular weight is 337 g/mol. The third-order valence-corrected chi connectivity index (χ3v) is 4.57. The molecule has 92 valence electrons. The molecule has 0 radical (unpaired) electrons. The summed E-state index contributed by atoms with van der Waals surface area (Å²) in [4.78, 5) is 11.0. The number of halogens is 2. The molecule has 6 heteroatoms. The average Bonchev–Trinajstić information content (AvgIpc) is 2.29. The maximum absolute atomic E-state index is 11.0. The Balaban J connectivity index is 2.19. The first-order valence-electron chi connectivity index (χ1n) is 5.09. The van der Waals surface area contributed by atoms with E-state index in [2.05, 4.69) is 21.2 Å². The number of rotatable bonds is 2. The molecular formula is C11H11BrClNO2S. The van der Waals surface area contributed by atoms with Crippen molar-refractivity contribution < 1.29 is 9.90 Å². The zero-order valence-corrected chi connectivity index (χ0v) is 12.0. The lowest BCUT2D eigenvalue weighted by molar-refractivity contribution is -0.139. The van der Waals surface area contributed by atoms with Crippen molar-refractivity contribution in [3.63, 3.8) is 0 Å². The van der Waals surface area contributed by atoms with Gasteiger partial charge in [0.1, 0.15) is 6.04 Å². The van der Waals surface area contributed by atoms with E-state index < -0.39 is 12.0 Å². The molecule has 0 bridgehead atoms. The van der Waals surface area contributed by atoms with Crippen molar-refractivity contribution in [2.45, 2.75) is 12.1 Å². The second-order valence-electron chi connectivity index (χ2n) is 3.81. The van der Waals surface area contributed by atoms with Gasteiger partial charge in [0.05, 0.1) is 0 Å². The van der Waals surface area contributed by atoms with Crippen molar-refractivity contribution in [1.29, 1.82) is 0 Å². The van der Waals surface area contributed by atoms with Gasteiger partial charge in [-0.2, -0.15) is 11.8 Å². The molecule has 0 amide bonds. The summed E-state index contributed by atoms with van der Waals surface area (Å²) in [6.45, 7) is 0. The molecule has 17 heavy (non-hydrogen) atoms. The Kier molecular flexibility index (Phi) is 4.36. The highest BCUT2D eigenvalue weighted by Gasteiger charge is 2.28. The number of hydrogen-bond acceptors (Lipinski definition) is 3. The normalized spacial score (nSPS) is 24.6. The Morgan fingerprint density at radius 2 is 2.29 bits per heavy atom. The van der Waals surface area contributed by atoms with E-state index in [9.17, 15) is 4.79 Å². The first-order valence-corrected chi connectivity index (χ1v) is 7.42. The molecule has 2 atom stereocenters. The van der Waals surface area contributed by atoms with Gasteiger partial charge in [0, 0.05) is 27.0 Å². The molecule has 0 spiro atoms. The van der Waals surface area contributed by atoms with Crippen LogP contribution in [0.4, 0.5) is 0 Å². The number of thioether (sulfide) groups is 1. The Bertz CT molecular complexity index is 443. The van der Waals surface area contributed by atoms with E-state index in [1.165, 1.54) is 0 Å². The van der Waals surface area contributed by atoms with Gasteiger partial charge in [-0.25, -0.2) is 0 Å². The fraction of sp³-hybridized carbons (Fsp3) is 0.364. The Hall–Kier alpha value is -0.230. The number of carbonyl (C=O) groups is 1. The molecule has 0 saturated carbocycles. The highest BCUT2D eigenvalue weighted by atomic mass is 79.9. The van der Waals surface area contributed by atoms with Crippen LogP contribution in [0, 0.1) is 0 Å². The van der Waals surface area contributed by atoms with Crippen molar-refractivity contribution in [2.24, 2.45) is 0 Å². The summed E-state index contributed by atoms with van der Waals surface area (Å²) in [5, 5.41) is 12.8. The zero-order chi connectivity index (χ0) is 12.4. The lowest BCUT2D eigenvalue weighted by atomic mass is 10.1. The van der Waals surface area contributed by atoms with Crippen LogP contribution >= 0.6 is 39.3 Å². The summed E-state index contributed by atoms with van der Waals surface area (Å²) in [5.74, 6) is 0.626. The third kappa shape index (κ3) is 3.16.